The molecule has 1 fully saturated rings. The summed E-state index contributed by atoms with van der Waals surface area (Å²) in [6, 6.07) is 7.67. The SMILES string of the molecule is COc1ccc(-c2noc(C3CCCCC3CN)n2)cc1. The van der Waals surface area contributed by atoms with Crippen LogP contribution >= 0.6 is 0 Å². The monoisotopic (exact) mass is 287 g/mol. The van der Waals surface area contributed by atoms with Gasteiger partial charge in [0.05, 0.1) is 7.11 Å². The van der Waals surface area contributed by atoms with E-state index in [4.69, 9.17) is 15.0 Å². The fourth-order valence-corrected chi connectivity index (χ4v) is 3.06. The molecule has 112 valence electrons. The van der Waals surface area contributed by atoms with Gasteiger partial charge < -0.3 is 15.0 Å². The standard InChI is InChI=1S/C16H21N3O2/c1-20-13-8-6-11(7-9-13)15-18-16(21-19-15)14-5-3-2-4-12(14)10-17/h6-9,12,14H,2-5,10,17H2,1H3. The van der Waals surface area contributed by atoms with Gasteiger partial charge in [0.15, 0.2) is 0 Å². The van der Waals surface area contributed by atoms with E-state index in [1.54, 1.807) is 7.11 Å². The Morgan fingerprint density at radius 3 is 2.71 bits per heavy atom. The minimum Gasteiger partial charge on any atom is -0.497 e. The molecule has 1 aromatic carbocycles. The van der Waals surface area contributed by atoms with Gasteiger partial charge >= 0.3 is 0 Å². The van der Waals surface area contributed by atoms with Gasteiger partial charge in [-0.25, -0.2) is 0 Å². The zero-order valence-electron chi connectivity index (χ0n) is 12.3. The van der Waals surface area contributed by atoms with E-state index in [0.29, 0.717) is 24.2 Å². The molecule has 2 atom stereocenters. The average molecular weight is 287 g/mol. The van der Waals surface area contributed by atoms with Crippen LogP contribution in [0.25, 0.3) is 11.4 Å². The normalized spacial score (nSPS) is 22.2. The molecule has 0 bridgehead atoms. The molecule has 1 aliphatic rings. The molecule has 0 aliphatic heterocycles. The predicted octanol–water partition coefficient (Wildman–Crippen LogP) is 2.98. The summed E-state index contributed by atoms with van der Waals surface area (Å²) in [7, 11) is 1.65. The second-order valence-electron chi connectivity index (χ2n) is 5.57. The van der Waals surface area contributed by atoms with Crippen molar-refractivity contribution in [2.75, 3.05) is 13.7 Å². The van der Waals surface area contributed by atoms with E-state index >= 15 is 0 Å². The van der Waals surface area contributed by atoms with Gasteiger partial charge in [-0.1, -0.05) is 18.0 Å². The Bertz CT molecular complexity index is 579. The molecular formula is C16H21N3O2. The number of benzene rings is 1. The number of ether oxygens (including phenoxy) is 1. The lowest BCUT2D eigenvalue weighted by atomic mass is 9.79. The summed E-state index contributed by atoms with van der Waals surface area (Å²) in [5.41, 5.74) is 6.81. The summed E-state index contributed by atoms with van der Waals surface area (Å²) >= 11 is 0. The molecule has 3 rings (SSSR count). The number of hydrogen-bond donors (Lipinski definition) is 1. The molecule has 21 heavy (non-hydrogen) atoms. The van der Waals surface area contributed by atoms with Crippen molar-refractivity contribution >= 4 is 0 Å². The summed E-state index contributed by atoms with van der Waals surface area (Å²) < 4.78 is 10.7. The zero-order valence-corrected chi connectivity index (χ0v) is 12.3. The van der Waals surface area contributed by atoms with Gasteiger partial charge in [0.1, 0.15) is 5.75 Å². The van der Waals surface area contributed by atoms with Crippen LogP contribution in [0.3, 0.4) is 0 Å². The van der Waals surface area contributed by atoms with Crippen LogP contribution in [0.1, 0.15) is 37.5 Å². The van der Waals surface area contributed by atoms with Gasteiger partial charge in [0, 0.05) is 11.5 Å². The predicted molar refractivity (Wildman–Crippen MR) is 80.0 cm³/mol. The van der Waals surface area contributed by atoms with Crippen molar-refractivity contribution in [1.29, 1.82) is 0 Å². The smallest absolute Gasteiger partial charge is 0.230 e. The van der Waals surface area contributed by atoms with Crippen molar-refractivity contribution in [2.45, 2.75) is 31.6 Å². The Labute approximate surface area is 124 Å². The molecular weight excluding hydrogens is 266 g/mol. The van der Waals surface area contributed by atoms with Crippen molar-refractivity contribution in [2.24, 2.45) is 11.7 Å². The Morgan fingerprint density at radius 1 is 1.24 bits per heavy atom. The summed E-state index contributed by atoms with van der Waals surface area (Å²) in [6.45, 7) is 0.685. The first-order chi connectivity index (χ1) is 10.3. The van der Waals surface area contributed by atoms with Crippen LogP contribution in [0, 0.1) is 5.92 Å². The van der Waals surface area contributed by atoms with Crippen molar-refractivity contribution in [1.82, 2.24) is 10.1 Å². The quantitative estimate of drug-likeness (QED) is 0.935. The van der Waals surface area contributed by atoms with Crippen molar-refractivity contribution in [3.63, 3.8) is 0 Å². The van der Waals surface area contributed by atoms with Crippen molar-refractivity contribution < 1.29 is 9.26 Å². The van der Waals surface area contributed by atoms with E-state index in [1.165, 1.54) is 12.8 Å². The van der Waals surface area contributed by atoms with E-state index in [-0.39, 0.29) is 0 Å². The maximum atomic E-state index is 5.88. The topological polar surface area (TPSA) is 74.2 Å². The summed E-state index contributed by atoms with van der Waals surface area (Å²) in [4.78, 5) is 4.58. The minimum absolute atomic E-state index is 0.309. The molecule has 2 unspecified atom stereocenters. The molecule has 5 heteroatoms. The molecule has 1 aromatic heterocycles. The molecule has 0 radical (unpaired) electrons. The molecule has 5 nitrogen and oxygen atoms in total. The fourth-order valence-electron chi connectivity index (χ4n) is 3.06. The van der Waals surface area contributed by atoms with E-state index in [0.717, 1.165) is 30.0 Å². The van der Waals surface area contributed by atoms with E-state index in [2.05, 4.69) is 10.1 Å². The first kappa shape index (κ1) is 14.1. The Hall–Kier alpha value is -1.88. The second-order valence-corrected chi connectivity index (χ2v) is 5.57. The molecule has 2 aromatic rings. The number of methoxy groups -OCH3 is 1. The third kappa shape index (κ3) is 2.93. The Morgan fingerprint density at radius 2 is 2.00 bits per heavy atom. The first-order valence-corrected chi connectivity index (χ1v) is 7.50. The fraction of sp³-hybridized carbons (Fsp3) is 0.500. The van der Waals surface area contributed by atoms with Crippen molar-refractivity contribution in [3.8, 4) is 17.1 Å². The van der Waals surface area contributed by atoms with Gasteiger partial charge in [0.25, 0.3) is 0 Å². The molecule has 1 heterocycles. The highest BCUT2D eigenvalue weighted by atomic mass is 16.5. The number of nitrogens with two attached hydrogens (primary N) is 1. The largest absolute Gasteiger partial charge is 0.497 e. The number of nitrogens with zero attached hydrogens (tertiary/aromatic N) is 2. The lowest BCUT2D eigenvalue weighted by molar-refractivity contribution is 0.249. The first-order valence-electron chi connectivity index (χ1n) is 7.50. The van der Waals surface area contributed by atoms with E-state index in [1.807, 2.05) is 24.3 Å². The van der Waals surface area contributed by atoms with Crippen molar-refractivity contribution in [3.05, 3.63) is 30.2 Å². The number of hydrogen-bond acceptors (Lipinski definition) is 5. The maximum Gasteiger partial charge on any atom is 0.230 e. The summed E-state index contributed by atoms with van der Waals surface area (Å²) in [5.74, 6) is 2.95. The molecule has 1 aliphatic carbocycles. The summed E-state index contributed by atoms with van der Waals surface area (Å²) in [6.07, 6.45) is 4.70. The van der Waals surface area contributed by atoms with E-state index < -0.39 is 0 Å². The van der Waals surface area contributed by atoms with Gasteiger partial charge in [0.2, 0.25) is 11.7 Å². The maximum absolute atomic E-state index is 5.88. The van der Waals surface area contributed by atoms with Gasteiger partial charge in [-0.05, 0) is 49.6 Å². The van der Waals surface area contributed by atoms with Crippen LogP contribution in [0.15, 0.2) is 28.8 Å². The second kappa shape index (κ2) is 6.26. The van der Waals surface area contributed by atoms with E-state index in [9.17, 15) is 0 Å². The Balaban J connectivity index is 1.81. The lowest BCUT2D eigenvalue weighted by Gasteiger charge is -2.27. The summed E-state index contributed by atoms with van der Waals surface area (Å²) in [5, 5.41) is 4.12. The highest BCUT2D eigenvalue weighted by Crippen LogP contribution is 2.37. The van der Waals surface area contributed by atoms with Crippen LogP contribution < -0.4 is 10.5 Å². The van der Waals surface area contributed by atoms with Gasteiger partial charge in [-0.2, -0.15) is 4.98 Å². The Kier molecular flexibility index (Phi) is 4.20. The minimum atomic E-state index is 0.309. The highest BCUT2D eigenvalue weighted by molar-refractivity contribution is 5.55. The molecule has 0 amide bonds. The van der Waals surface area contributed by atoms with Crippen LogP contribution in [0.4, 0.5) is 0 Å². The third-order valence-corrected chi connectivity index (χ3v) is 4.32. The molecule has 0 saturated heterocycles. The van der Waals surface area contributed by atoms with Crippen LogP contribution in [-0.4, -0.2) is 23.8 Å². The van der Waals surface area contributed by atoms with Crippen LogP contribution in [0.2, 0.25) is 0 Å². The zero-order chi connectivity index (χ0) is 14.7. The van der Waals surface area contributed by atoms with Crippen LogP contribution in [-0.2, 0) is 0 Å². The molecule has 1 saturated carbocycles. The number of aromatic nitrogens is 2. The van der Waals surface area contributed by atoms with Gasteiger partial charge in [-0.15, -0.1) is 0 Å². The molecule has 0 spiro atoms. The molecule has 2 N–H and O–H groups in total. The number of rotatable bonds is 4. The highest BCUT2D eigenvalue weighted by Gasteiger charge is 2.30. The third-order valence-electron chi connectivity index (χ3n) is 4.32. The average Bonchev–Trinajstić information content (AvgIpc) is 3.04. The van der Waals surface area contributed by atoms with Gasteiger partial charge in [-0.3, -0.25) is 0 Å². The van der Waals surface area contributed by atoms with Crippen LogP contribution in [0.5, 0.6) is 5.75 Å². The lowest BCUT2D eigenvalue weighted by Crippen LogP contribution is -2.25.